The van der Waals surface area contributed by atoms with Gasteiger partial charge in [-0.3, -0.25) is 4.79 Å². The molecule has 27 heavy (non-hydrogen) atoms. The van der Waals surface area contributed by atoms with Crippen LogP contribution in [0.4, 0.5) is 0 Å². The van der Waals surface area contributed by atoms with Crippen LogP contribution in [0.2, 0.25) is 0 Å². The first-order chi connectivity index (χ1) is 12.9. The minimum atomic E-state index is -2.99. The van der Waals surface area contributed by atoms with Crippen molar-refractivity contribution in [3.8, 4) is 0 Å². The van der Waals surface area contributed by atoms with E-state index in [1.807, 2.05) is 67.6 Å². The fourth-order valence-corrected chi connectivity index (χ4v) is 7.90. The molecule has 4 heteroatoms. The predicted octanol–water partition coefficient (Wildman–Crippen LogP) is 4.70. The Morgan fingerprint density at radius 2 is 1.56 bits per heavy atom. The number of carbonyl (C=O) groups is 1. The second kappa shape index (κ2) is 8.12. The minimum absolute atomic E-state index is 0.0191. The molecule has 2 aromatic rings. The third kappa shape index (κ3) is 3.81. The summed E-state index contributed by atoms with van der Waals surface area (Å²) in [5.74, 6) is 0.0191. The van der Waals surface area contributed by atoms with Gasteiger partial charge >= 0.3 is 0 Å². The van der Waals surface area contributed by atoms with Crippen LogP contribution in [0.5, 0.6) is 0 Å². The number of unbranched alkanes of at least 4 members (excludes halogenated alkanes) is 2. The molecule has 3 atom stereocenters. The zero-order chi connectivity index (χ0) is 19.5. The molecule has 0 N–H and O–H groups in total. The van der Waals surface area contributed by atoms with Gasteiger partial charge in [0.05, 0.1) is 5.66 Å². The van der Waals surface area contributed by atoms with Gasteiger partial charge in [0.15, 0.2) is 5.78 Å². The standard InChI is InChI=1S/C23H29O3P/c1-4-5-8-17-21(23(3)22(26-23)18(2)24)27(25,19-13-9-6-10-14-19)20-15-11-7-12-16-20/h6-7,9-16,21-22H,4-5,8,17H2,1-3H3/t21-,22+,23+/m0/s1. The normalized spacial score (nSPS) is 23.0. The fourth-order valence-electron chi connectivity index (χ4n) is 4.18. The van der Waals surface area contributed by atoms with Crippen molar-refractivity contribution >= 4 is 23.5 Å². The maximum absolute atomic E-state index is 14.8. The van der Waals surface area contributed by atoms with Crippen molar-refractivity contribution in [1.82, 2.24) is 0 Å². The molecule has 0 aromatic heterocycles. The first kappa shape index (κ1) is 20.0. The number of ether oxygens (including phenoxy) is 1. The van der Waals surface area contributed by atoms with Gasteiger partial charge in [0.2, 0.25) is 0 Å². The number of Topliss-reactive ketones (excluding diaryl/α,β-unsaturated/α-hetero) is 1. The molecule has 0 saturated carbocycles. The van der Waals surface area contributed by atoms with E-state index in [9.17, 15) is 9.36 Å². The Hall–Kier alpha value is -1.70. The summed E-state index contributed by atoms with van der Waals surface area (Å²) in [6.45, 7) is 5.69. The van der Waals surface area contributed by atoms with Crippen molar-refractivity contribution in [2.24, 2.45) is 0 Å². The zero-order valence-electron chi connectivity index (χ0n) is 16.4. The van der Waals surface area contributed by atoms with Gasteiger partial charge in [0.1, 0.15) is 18.8 Å². The lowest BCUT2D eigenvalue weighted by molar-refractivity contribution is -0.118. The molecule has 0 spiro atoms. The number of carbonyl (C=O) groups excluding carboxylic acids is 1. The molecular formula is C23H29O3P. The summed E-state index contributed by atoms with van der Waals surface area (Å²) >= 11 is 0. The summed E-state index contributed by atoms with van der Waals surface area (Å²) in [7, 11) is -2.99. The number of rotatable bonds is 9. The van der Waals surface area contributed by atoms with E-state index in [-0.39, 0.29) is 11.4 Å². The number of hydrogen-bond donors (Lipinski definition) is 0. The first-order valence-electron chi connectivity index (χ1n) is 9.83. The van der Waals surface area contributed by atoms with Crippen molar-refractivity contribution in [1.29, 1.82) is 0 Å². The van der Waals surface area contributed by atoms with Crippen LogP contribution in [0, 0.1) is 0 Å². The van der Waals surface area contributed by atoms with E-state index in [4.69, 9.17) is 4.74 Å². The topological polar surface area (TPSA) is 46.7 Å². The molecule has 3 rings (SSSR count). The number of epoxide rings is 1. The molecule has 1 aliphatic rings. The Balaban J connectivity index is 2.11. The molecule has 144 valence electrons. The van der Waals surface area contributed by atoms with Gasteiger partial charge in [0.25, 0.3) is 0 Å². The van der Waals surface area contributed by atoms with Crippen LogP contribution in [0.3, 0.4) is 0 Å². The molecule has 1 fully saturated rings. The largest absolute Gasteiger partial charge is 0.357 e. The van der Waals surface area contributed by atoms with Crippen LogP contribution in [-0.4, -0.2) is 23.1 Å². The Morgan fingerprint density at radius 3 is 1.96 bits per heavy atom. The Bertz CT molecular complexity index is 775. The smallest absolute Gasteiger partial charge is 0.161 e. The minimum Gasteiger partial charge on any atom is -0.357 e. The molecule has 0 unspecified atom stereocenters. The van der Waals surface area contributed by atoms with Gasteiger partial charge in [-0.1, -0.05) is 86.8 Å². The summed E-state index contributed by atoms with van der Waals surface area (Å²) in [5.41, 5.74) is -0.879. The predicted molar refractivity (Wildman–Crippen MR) is 112 cm³/mol. The van der Waals surface area contributed by atoms with Gasteiger partial charge < -0.3 is 9.30 Å². The van der Waals surface area contributed by atoms with Crippen molar-refractivity contribution in [3.05, 3.63) is 60.7 Å². The molecule has 1 saturated heterocycles. The summed E-state index contributed by atoms with van der Waals surface area (Å²) in [5, 5.41) is 1.69. The Morgan fingerprint density at radius 1 is 1.04 bits per heavy atom. The third-order valence-corrected chi connectivity index (χ3v) is 9.44. The SMILES string of the molecule is CCCCC[C@@H]([C@@]1(C)O[C@@H]1C(C)=O)P(=O)(c1ccccc1)c1ccccc1. The quantitative estimate of drug-likeness (QED) is 0.358. The highest BCUT2D eigenvalue weighted by Crippen LogP contribution is 2.60. The van der Waals surface area contributed by atoms with Crippen LogP contribution < -0.4 is 10.6 Å². The summed E-state index contributed by atoms with van der Waals surface area (Å²) < 4.78 is 20.7. The maximum Gasteiger partial charge on any atom is 0.161 e. The van der Waals surface area contributed by atoms with E-state index >= 15 is 0 Å². The van der Waals surface area contributed by atoms with Crippen LogP contribution in [0.1, 0.15) is 46.5 Å². The lowest BCUT2D eigenvalue weighted by Crippen LogP contribution is -2.38. The van der Waals surface area contributed by atoms with Gasteiger partial charge in [0, 0.05) is 10.6 Å². The summed E-state index contributed by atoms with van der Waals surface area (Å²) in [4.78, 5) is 12.0. The second-order valence-electron chi connectivity index (χ2n) is 7.63. The van der Waals surface area contributed by atoms with E-state index in [2.05, 4.69) is 6.92 Å². The fraction of sp³-hybridized carbons (Fsp3) is 0.435. The highest BCUT2D eigenvalue weighted by molar-refractivity contribution is 7.79. The summed E-state index contributed by atoms with van der Waals surface area (Å²) in [6.07, 6.45) is 3.50. The monoisotopic (exact) mass is 384 g/mol. The van der Waals surface area contributed by atoms with Crippen molar-refractivity contribution in [2.45, 2.75) is 63.8 Å². The van der Waals surface area contributed by atoms with Gasteiger partial charge in [-0.15, -0.1) is 0 Å². The maximum atomic E-state index is 14.8. The Labute approximate surface area is 162 Å². The van der Waals surface area contributed by atoms with Crippen LogP contribution in [0.25, 0.3) is 0 Å². The number of ketones is 1. The third-order valence-electron chi connectivity index (χ3n) is 5.67. The Kier molecular flexibility index (Phi) is 6.03. The average Bonchev–Trinajstić information content (AvgIpc) is 3.39. The van der Waals surface area contributed by atoms with Crippen LogP contribution in [0.15, 0.2) is 60.7 Å². The zero-order valence-corrected chi connectivity index (χ0v) is 17.3. The molecule has 1 aliphatic heterocycles. The molecule has 0 radical (unpaired) electrons. The van der Waals surface area contributed by atoms with E-state index in [1.165, 1.54) is 0 Å². The highest BCUT2D eigenvalue weighted by Gasteiger charge is 2.64. The average molecular weight is 384 g/mol. The van der Waals surface area contributed by atoms with E-state index in [0.29, 0.717) is 0 Å². The summed E-state index contributed by atoms with van der Waals surface area (Å²) in [6, 6.07) is 19.4. The molecule has 3 nitrogen and oxygen atoms in total. The van der Waals surface area contributed by atoms with Gasteiger partial charge in [-0.05, 0) is 20.3 Å². The van der Waals surface area contributed by atoms with Crippen LogP contribution in [-0.2, 0) is 14.1 Å². The molecule has 2 aromatic carbocycles. The number of hydrogen-bond acceptors (Lipinski definition) is 3. The molecule has 0 amide bonds. The van der Waals surface area contributed by atoms with Crippen molar-refractivity contribution in [3.63, 3.8) is 0 Å². The van der Waals surface area contributed by atoms with Crippen LogP contribution >= 0.6 is 7.14 Å². The van der Waals surface area contributed by atoms with Gasteiger partial charge in [-0.2, -0.15) is 0 Å². The molecule has 0 bridgehead atoms. The molecular weight excluding hydrogens is 355 g/mol. The lowest BCUT2D eigenvalue weighted by Gasteiger charge is -2.32. The number of benzene rings is 2. The van der Waals surface area contributed by atoms with Crippen molar-refractivity contribution < 1.29 is 14.1 Å². The first-order valence-corrected chi connectivity index (χ1v) is 11.6. The van der Waals surface area contributed by atoms with E-state index in [1.54, 1.807) is 6.92 Å². The highest BCUT2D eigenvalue weighted by atomic mass is 31.2. The molecule has 0 aliphatic carbocycles. The second-order valence-corrected chi connectivity index (χ2v) is 10.6. The lowest BCUT2D eigenvalue weighted by atomic mass is 9.96. The van der Waals surface area contributed by atoms with Crippen molar-refractivity contribution in [2.75, 3.05) is 0 Å². The van der Waals surface area contributed by atoms with Gasteiger partial charge in [-0.25, -0.2) is 0 Å². The van der Waals surface area contributed by atoms with E-state index in [0.717, 1.165) is 36.3 Å². The molecule has 1 heterocycles. The van der Waals surface area contributed by atoms with E-state index < -0.39 is 18.8 Å².